The van der Waals surface area contributed by atoms with E-state index < -0.39 is 0 Å². The van der Waals surface area contributed by atoms with E-state index in [2.05, 4.69) is 46.3 Å². The van der Waals surface area contributed by atoms with Crippen molar-refractivity contribution in [2.45, 2.75) is 51.7 Å². The van der Waals surface area contributed by atoms with Gasteiger partial charge in [0.05, 0.1) is 23.5 Å². The largest absolute Gasteiger partial charge is 0.337 e. The minimum Gasteiger partial charge on any atom is -0.337 e. The molecule has 5 nitrogen and oxygen atoms in total. The van der Waals surface area contributed by atoms with Crippen molar-refractivity contribution in [1.29, 1.82) is 0 Å². The van der Waals surface area contributed by atoms with Crippen molar-refractivity contribution < 1.29 is 4.79 Å². The predicted molar refractivity (Wildman–Crippen MR) is 124 cm³/mol. The maximum Gasteiger partial charge on any atom is 0.257 e. The molecule has 1 aliphatic rings. The second kappa shape index (κ2) is 9.92. The van der Waals surface area contributed by atoms with Crippen LogP contribution in [0.1, 0.15) is 65.0 Å². The van der Waals surface area contributed by atoms with Gasteiger partial charge in [0.15, 0.2) is 0 Å². The summed E-state index contributed by atoms with van der Waals surface area (Å²) < 4.78 is 0. The lowest BCUT2D eigenvalue weighted by atomic mass is 9.95. The summed E-state index contributed by atoms with van der Waals surface area (Å²) in [6.45, 7) is 4.69. The minimum absolute atomic E-state index is 0.0189. The van der Waals surface area contributed by atoms with Gasteiger partial charge in [0.2, 0.25) is 0 Å². The third kappa shape index (κ3) is 5.05. The first-order valence-corrected chi connectivity index (χ1v) is 11.3. The standard InChI is InChI=1S/C26H32N4O/c1-3-20-12-14-22(15-13-20)19-30-16-8-7-11-24(30)25-23(17-27-28-25)26(31)29(2)18-21-9-5-4-6-10-21/h4-6,9-10,12-15,17,24H,3,7-8,11,16,18-19H2,1-2H3,(H,27,28). The van der Waals surface area contributed by atoms with Crippen LogP contribution >= 0.6 is 0 Å². The molecular weight excluding hydrogens is 384 g/mol. The summed E-state index contributed by atoms with van der Waals surface area (Å²) in [7, 11) is 1.86. The molecule has 1 N–H and O–H groups in total. The van der Waals surface area contributed by atoms with Crippen molar-refractivity contribution in [3.63, 3.8) is 0 Å². The van der Waals surface area contributed by atoms with E-state index in [1.54, 1.807) is 11.1 Å². The van der Waals surface area contributed by atoms with Crippen molar-refractivity contribution in [3.8, 4) is 0 Å². The molecule has 3 aromatic rings. The Morgan fingerprint density at radius 1 is 1.06 bits per heavy atom. The van der Waals surface area contributed by atoms with Crippen LogP contribution in [0.15, 0.2) is 60.8 Å². The molecule has 0 bridgehead atoms. The van der Waals surface area contributed by atoms with E-state index in [9.17, 15) is 4.79 Å². The van der Waals surface area contributed by atoms with Gasteiger partial charge in [-0.2, -0.15) is 5.10 Å². The molecule has 1 fully saturated rings. The Hall–Kier alpha value is -2.92. The number of rotatable bonds is 7. The van der Waals surface area contributed by atoms with Gasteiger partial charge in [-0.3, -0.25) is 14.8 Å². The normalized spacial score (nSPS) is 16.9. The Kier molecular flexibility index (Phi) is 6.82. The Morgan fingerprint density at radius 3 is 2.55 bits per heavy atom. The van der Waals surface area contributed by atoms with E-state index in [0.717, 1.165) is 37.2 Å². The van der Waals surface area contributed by atoms with Gasteiger partial charge in [-0.15, -0.1) is 0 Å². The summed E-state index contributed by atoms with van der Waals surface area (Å²) >= 11 is 0. The lowest BCUT2D eigenvalue weighted by Crippen LogP contribution is -2.35. The molecule has 1 aliphatic heterocycles. The SMILES string of the molecule is CCc1ccc(CN2CCCCC2c2[nH]ncc2C(=O)N(C)Cc2ccccc2)cc1. The molecular formula is C26H32N4O. The summed E-state index contributed by atoms with van der Waals surface area (Å²) in [5.41, 5.74) is 5.45. The number of likely N-dealkylation sites (tertiary alicyclic amines) is 1. The van der Waals surface area contributed by atoms with Crippen LogP contribution in [0.5, 0.6) is 0 Å². The number of aryl methyl sites for hydroxylation is 1. The molecule has 31 heavy (non-hydrogen) atoms. The zero-order valence-electron chi connectivity index (χ0n) is 18.6. The lowest BCUT2D eigenvalue weighted by Gasteiger charge is -2.35. The van der Waals surface area contributed by atoms with Crippen molar-refractivity contribution in [2.75, 3.05) is 13.6 Å². The highest BCUT2D eigenvalue weighted by Gasteiger charge is 2.30. The molecule has 1 unspecified atom stereocenters. The van der Waals surface area contributed by atoms with E-state index in [1.807, 2.05) is 37.4 Å². The van der Waals surface area contributed by atoms with Gasteiger partial charge in [0.1, 0.15) is 0 Å². The fourth-order valence-electron chi connectivity index (χ4n) is 4.48. The van der Waals surface area contributed by atoms with Crippen LogP contribution in [-0.4, -0.2) is 39.5 Å². The first kappa shape index (κ1) is 21.3. The maximum atomic E-state index is 13.3. The third-order valence-corrected chi connectivity index (χ3v) is 6.27. The Labute approximate surface area is 185 Å². The molecule has 1 atom stereocenters. The van der Waals surface area contributed by atoms with Crippen molar-refractivity contribution in [3.05, 3.63) is 88.7 Å². The molecule has 162 valence electrons. The second-order valence-corrected chi connectivity index (χ2v) is 8.50. The predicted octanol–water partition coefficient (Wildman–Crippen LogP) is 4.97. The molecule has 2 heterocycles. The number of carbonyl (C=O) groups is 1. The van der Waals surface area contributed by atoms with Crippen molar-refractivity contribution in [1.82, 2.24) is 20.0 Å². The average Bonchev–Trinajstić information content (AvgIpc) is 3.30. The Morgan fingerprint density at radius 2 is 1.81 bits per heavy atom. The Balaban J connectivity index is 1.51. The van der Waals surface area contributed by atoms with E-state index >= 15 is 0 Å². The topological polar surface area (TPSA) is 52.2 Å². The van der Waals surface area contributed by atoms with Gasteiger partial charge >= 0.3 is 0 Å². The van der Waals surface area contributed by atoms with Crippen LogP contribution in [0.25, 0.3) is 0 Å². The van der Waals surface area contributed by atoms with Crippen LogP contribution in [0.2, 0.25) is 0 Å². The molecule has 0 saturated carbocycles. The monoisotopic (exact) mass is 416 g/mol. The minimum atomic E-state index is 0.0189. The number of H-pyrrole nitrogens is 1. The molecule has 0 radical (unpaired) electrons. The summed E-state index contributed by atoms with van der Waals surface area (Å²) in [5.74, 6) is 0.0189. The third-order valence-electron chi connectivity index (χ3n) is 6.27. The molecule has 5 heteroatoms. The Bertz CT molecular complexity index is 980. The fraction of sp³-hybridized carbons (Fsp3) is 0.385. The van der Waals surface area contributed by atoms with Gasteiger partial charge in [-0.05, 0) is 42.5 Å². The number of nitrogens with zero attached hydrogens (tertiary/aromatic N) is 3. The van der Waals surface area contributed by atoms with Crippen LogP contribution in [0, 0.1) is 0 Å². The highest BCUT2D eigenvalue weighted by Crippen LogP contribution is 2.33. The van der Waals surface area contributed by atoms with Crippen LogP contribution in [0.4, 0.5) is 0 Å². The molecule has 0 spiro atoms. The second-order valence-electron chi connectivity index (χ2n) is 8.50. The first-order chi connectivity index (χ1) is 15.2. The van der Waals surface area contributed by atoms with Crippen LogP contribution < -0.4 is 0 Å². The summed E-state index contributed by atoms with van der Waals surface area (Å²) in [5, 5.41) is 7.44. The van der Waals surface area contributed by atoms with E-state index in [0.29, 0.717) is 12.1 Å². The zero-order valence-corrected chi connectivity index (χ0v) is 18.6. The summed E-state index contributed by atoms with van der Waals surface area (Å²) in [4.78, 5) is 17.5. The number of aromatic amines is 1. The number of hydrogen-bond acceptors (Lipinski definition) is 3. The number of benzene rings is 2. The summed E-state index contributed by atoms with van der Waals surface area (Å²) in [6.07, 6.45) is 6.15. The molecule has 2 aromatic carbocycles. The van der Waals surface area contributed by atoms with E-state index in [4.69, 9.17) is 0 Å². The average molecular weight is 417 g/mol. The number of carbonyl (C=O) groups excluding carboxylic acids is 1. The van der Waals surface area contributed by atoms with E-state index in [-0.39, 0.29) is 11.9 Å². The van der Waals surface area contributed by atoms with Crippen LogP contribution in [0.3, 0.4) is 0 Å². The van der Waals surface area contributed by atoms with E-state index in [1.165, 1.54) is 24.0 Å². The van der Waals surface area contributed by atoms with Crippen molar-refractivity contribution >= 4 is 5.91 Å². The van der Waals surface area contributed by atoms with Gasteiger partial charge in [-0.25, -0.2) is 0 Å². The number of hydrogen-bond donors (Lipinski definition) is 1. The molecule has 0 aliphatic carbocycles. The van der Waals surface area contributed by atoms with Crippen LogP contribution in [-0.2, 0) is 19.5 Å². The quantitative estimate of drug-likeness (QED) is 0.591. The molecule has 1 aromatic heterocycles. The smallest absolute Gasteiger partial charge is 0.257 e. The highest BCUT2D eigenvalue weighted by atomic mass is 16.2. The molecule has 1 saturated heterocycles. The van der Waals surface area contributed by atoms with Gasteiger partial charge in [-0.1, -0.05) is 67.9 Å². The summed E-state index contributed by atoms with van der Waals surface area (Å²) in [6, 6.07) is 19.2. The zero-order chi connectivity index (χ0) is 21.6. The first-order valence-electron chi connectivity index (χ1n) is 11.3. The number of amides is 1. The number of aromatic nitrogens is 2. The van der Waals surface area contributed by atoms with Crippen molar-refractivity contribution in [2.24, 2.45) is 0 Å². The number of nitrogens with one attached hydrogen (secondary N) is 1. The highest BCUT2D eigenvalue weighted by molar-refractivity contribution is 5.95. The van der Waals surface area contributed by atoms with Gasteiger partial charge in [0, 0.05) is 20.1 Å². The van der Waals surface area contributed by atoms with Gasteiger partial charge in [0.25, 0.3) is 5.91 Å². The number of piperidine rings is 1. The molecule has 1 amide bonds. The molecule has 4 rings (SSSR count). The lowest BCUT2D eigenvalue weighted by molar-refractivity contribution is 0.0776. The maximum absolute atomic E-state index is 13.3. The fourth-order valence-corrected chi connectivity index (χ4v) is 4.48. The van der Waals surface area contributed by atoms with Gasteiger partial charge < -0.3 is 4.90 Å².